The molecule has 1 atom stereocenters. The number of benzene rings is 1. The molecule has 2 fully saturated rings. The maximum atomic E-state index is 13.5. The zero-order chi connectivity index (χ0) is 15.1. The van der Waals surface area contributed by atoms with Crippen LogP contribution in [0.2, 0.25) is 0 Å². The Morgan fingerprint density at radius 2 is 1.86 bits per heavy atom. The zero-order valence-electron chi connectivity index (χ0n) is 11.7. The first-order valence-corrected chi connectivity index (χ1v) is 7.36. The Hall–Kier alpha value is -1.52. The van der Waals surface area contributed by atoms with Gasteiger partial charge in [0.1, 0.15) is 5.82 Å². The summed E-state index contributed by atoms with van der Waals surface area (Å²) in [6.45, 7) is 0.0226. The van der Waals surface area contributed by atoms with Crippen LogP contribution in [0.1, 0.15) is 37.7 Å². The van der Waals surface area contributed by atoms with Crippen LogP contribution in [0.5, 0.6) is 0 Å². The predicted octanol–water partition coefficient (Wildman–Crippen LogP) is 3.41. The third-order valence-corrected chi connectivity index (χ3v) is 4.75. The summed E-state index contributed by atoms with van der Waals surface area (Å²) >= 11 is 0. The van der Waals surface area contributed by atoms with Crippen LogP contribution in [-0.2, 0) is 10.2 Å². The number of rotatable bonds is 4. The second kappa shape index (κ2) is 5.04. The van der Waals surface area contributed by atoms with Gasteiger partial charge in [-0.2, -0.15) is 0 Å². The van der Waals surface area contributed by atoms with E-state index in [0.717, 1.165) is 5.56 Å². The summed E-state index contributed by atoms with van der Waals surface area (Å²) in [7, 11) is 0. The molecule has 0 heterocycles. The van der Waals surface area contributed by atoms with E-state index in [4.69, 9.17) is 0 Å². The molecule has 2 saturated carbocycles. The van der Waals surface area contributed by atoms with Crippen molar-refractivity contribution in [2.24, 2.45) is 5.92 Å². The highest BCUT2D eigenvalue weighted by molar-refractivity contribution is 5.91. The van der Waals surface area contributed by atoms with Crippen LogP contribution in [0, 0.1) is 11.7 Å². The van der Waals surface area contributed by atoms with Gasteiger partial charge < -0.3 is 5.32 Å². The summed E-state index contributed by atoms with van der Waals surface area (Å²) in [5.74, 6) is -3.98. The third-order valence-electron chi connectivity index (χ3n) is 4.75. The first kappa shape index (κ1) is 14.4. The lowest BCUT2D eigenvalue weighted by Crippen LogP contribution is -2.40. The lowest BCUT2D eigenvalue weighted by molar-refractivity contribution is -0.124. The molecule has 1 aromatic rings. The Kier molecular flexibility index (Phi) is 3.46. The molecule has 5 heteroatoms. The van der Waals surface area contributed by atoms with Crippen molar-refractivity contribution in [3.63, 3.8) is 0 Å². The van der Waals surface area contributed by atoms with Crippen molar-refractivity contribution in [3.05, 3.63) is 35.6 Å². The maximum absolute atomic E-state index is 13.5. The average Bonchev–Trinajstić information content (AvgIpc) is 3.17. The summed E-state index contributed by atoms with van der Waals surface area (Å²) in [5, 5.41) is 2.68. The SMILES string of the molecule is O=C(NCC1CCCC1(F)F)C1(c2ccc(F)cc2)CC1. The Morgan fingerprint density at radius 3 is 2.38 bits per heavy atom. The van der Waals surface area contributed by atoms with Crippen LogP contribution in [0.3, 0.4) is 0 Å². The van der Waals surface area contributed by atoms with E-state index in [9.17, 15) is 18.0 Å². The fourth-order valence-electron chi connectivity index (χ4n) is 3.18. The highest BCUT2D eigenvalue weighted by Crippen LogP contribution is 2.48. The molecule has 0 radical (unpaired) electrons. The van der Waals surface area contributed by atoms with Crippen molar-refractivity contribution in [2.75, 3.05) is 6.54 Å². The van der Waals surface area contributed by atoms with E-state index >= 15 is 0 Å². The van der Waals surface area contributed by atoms with E-state index in [1.165, 1.54) is 12.1 Å². The van der Waals surface area contributed by atoms with Gasteiger partial charge in [0, 0.05) is 18.9 Å². The lowest BCUT2D eigenvalue weighted by atomic mass is 9.94. The summed E-state index contributed by atoms with van der Waals surface area (Å²) in [5.41, 5.74) is 0.126. The van der Waals surface area contributed by atoms with E-state index < -0.39 is 17.3 Å². The number of halogens is 3. The van der Waals surface area contributed by atoms with E-state index in [2.05, 4.69) is 5.32 Å². The van der Waals surface area contributed by atoms with E-state index in [1.807, 2.05) is 0 Å². The molecule has 3 rings (SSSR count). The topological polar surface area (TPSA) is 29.1 Å². The number of carbonyl (C=O) groups is 1. The number of amides is 1. The van der Waals surface area contributed by atoms with Crippen LogP contribution in [-0.4, -0.2) is 18.4 Å². The minimum Gasteiger partial charge on any atom is -0.355 e. The Balaban J connectivity index is 1.64. The van der Waals surface area contributed by atoms with Gasteiger partial charge in [-0.05, 0) is 43.4 Å². The molecule has 1 amide bonds. The fraction of sp³-hybridized carbons (Fsp3) is 0.562. The Bertz CT molecular complexity index is 537. The van der Waals surface area contributed by atoms with Gasteiger partial charge in [-0.25, -0.2) is 13.2 Å². The van der Waals surface area contributed by atoms with E-state index in [0.29, 0.717) is 25.7 Å². The largest absolute Gasteiger partial charge is 0.355 e. The number of carbonyl (C=O) groups excluding carboxylic acids is 1. The average molecular weight is 297 g/mol. The smallest absolute Gasteiger partial charge is 0.252 e. The van der Waals surface area contributed by atoms with Crippen molar-refractivity contribution in [2.45, 2.75) is 43.4 Å². The van der Waals surface area contributed by atoms with Gasteiger partial charge in [-0.15, -0.1) is 0 Å². The van der Waals surface area contributed by atoms with Gasteiger partial charge in [-0.3, -0.25) is 4.79 Å². The first-order valence-electron chi connectivity index (χ1n) is 7.36. The molecule has 0 aliphatic heterocycles. The molecule has 0 aromatic heterocycles. The summed E-state index contributed by atoms with van der Waals surface area (Å²) in [4.78, 5) is 12.3. The molecule has 21 heavy (non-hydrogen) atoms. The monoisotopic (exact) mass is 297 g/mol. The molecular formula is C16H18F3NO. The highest BCUT2D eigenvalue weighted by Gasteiger charge is 2.52. The fourth-order valence-corrected chi connectivity index (χ4v) is 3.18. The molecule has 0 spiro atoms. The standard InChI is InChI=1S/C16H18F3NO/c17-13-5-3-11(4-6-13)15(8-9-15)14(21)20-10-12-2-1-7-16(12,18)19/h3-6,12H,1-2,7-10H2,(H,20,21). The summed E-state index contributed by atoms with van der Waals surface area (Å²) in [6.07, 6.45) is 2.25. The van der Waals surface area contributed by atoms with Gasteiger partial charge in [-0.1, -0.05) is 12.1 Å². The predicted molar refractivity (Wildman–Crippen MR) is 72.6 cm³/mol. The van der Waals surface area contributed by atoms with Crippen molar-refractivity contribution in [1.82, 2.24) is 5.32 Å². The maximum Gasteiger partial charge on any atom is 0.252 e. The number of nitrogens with one attached hydrogen (secondary N) is 1. The van der Waals surface area contributed by atoms with Crippen LogP contribution in [0.4, 0.5) is 13.2 Å². The number of hydrogen-bond acceptors (Lipinski definition) is 1. The molecule has 0 bridgehead atoms. The highest BCUT2D eigenvalue weighted by atomic mass is 19.3. The molecular weight excluding hydrogens is 279 g/mol. The molecule has 0 saturated heterocycles. The van der Waals surface area contributed by atoms with E-state index in [-0.39, 0.29) is 24.7 Å². The Morgan fingerprint density at radius 1 is 1.19 bits per heavy atom. The molecule has 2 nitrogen and oxygen atoms in total. The molecule has 1 aromatic carbocycles. The molecule has 114 valence electrons. The van der Waals surface area contributed by atoms with Gasteiger partial charge >= 0.3 is 0 Å². The van der Waals surface area contributed by atoms with Crippen molar-refractivity contribution in [1.29, 1.82) is 0 Å². The molecule has 1 N–H and O–H groups in total. The van der Waals surface area contributed by atoms with Crippen molar-refractivity contribution in [3.8, 4) is 0 Å². The van der Waals surface area contributed by atoms with Gasteiger partial charge in [0.25, 0.3) is 5.92 Å². The Labute approximate surface area is 121 Å². The van der Waals surface area contributed by atoms with E-state index in [1.54, 1.807) is 12.1 Å². The summed E-state index contributed by atoms with van der Waals surface area (Å²) < 4.78 is 40.0. The van der Waals surface area contributed by atoms with Crippen LogP contribution < -0.4 is 5.32 Å². The van der Waals surface area contributed by atoms with Gasteiger partial charge in [0.05, 0.1) is 5.41 Å². The number of alkyl halides is 2. The van der Waals surface area contributed by atoms with Gasteiger partial charge in [0.15, 0.2) is 0 Å². The second-order valence-electron chi connectivity index (χ2n) is 6.15. The minimum absolute atomic E-state index is 0.0226. The quantitative estimate of drug-likeness (QED) is 0.906. The molecule has 2 aliphatic carbocycles. The summed E-state index contributed by atoms with van der Waals surface area (Å²) in [6, 6.07) is 5.86. The second-order valence-corrected chi connectivity index (χ2v) is 6.15. The van der Waals surface area contributed by atoms with Crippen LogP contribution in [0.15, 0.2) is 24.3 Å². The molecule has 2 aliphatic rings. The van der Waals surface area contributed by atoms with Crippen molar-refractivity contribution < 1.29 is 18.0 Å². The first-order chi connectivity index (χ1) is 9.94. The van der Waals surface area contributed by atoms with Crippen LogP contribution in [0.25, 0.3) is 0 Å². The minimum atomic E-state index is -2.67. The zero-order valence-corrected chi connectivity index (χ0v) is 11.7. The normalized spacial score (nSPS) is 25.6. The third kappa shape index (κ3) is 2.65. The van der Waals surface area contributed by atoms with Crippen molar-refractivity contribution >= 4 is 5.91 Å². The number of hydrogen-bond donors (Lipinski definition) is 1. The lowest BCUT2D eigenvalue weighted by Gasteiger charge is -2.21. The molecule has 1 unspecified atom stereocenters. The van der Waals surface area contributed by atoms with Gasteiger partial charge in [0.2, 0.25) is 5.91 Å². The van der Waals surface area contributed by atoms with Crippen LogP contribution >= 0.6 is 0 Å².